The lowest BCUT2D eigenvalue weighted by Gasteiger charge is -2.37. The number of hydrogen-bond acceptors (Lipinski definition) is 5. The first-order chi connectivity index (χ1) is 18.1. The number of aryl methyl sites for hydroxylation is 1. The molecular weight excluding hydrogens is 490 g/mol. The van der Waals surface area contributed by atoms with Gasteiger partial charge in [-0.25, -0.2) is 13.8 Å². The Balaban J connectivity index is 1.18. The number of aliphatic carboxylic acids is 1. The van der Waals surface area contributed by atoms with Gasteiger partial charge in [-0.2, -0.15) is 0 Å². The fourth-order valence-corrected chi connectivity index (χ4v) is 6.12. The van der Waals surface area contributed by atoms with Crippen LogP contribution in [-0.2, 0) is 17.8 Å². The summed E-state index contributed by atoms with van der Waals surface area (Å²) >= 11 is 0. The van der Waals surface area contributed by atoms with Gasteiger partial charge in [-0.1, -0.05) is 0 Å². The van der Waals surface area contributed by atoms with E-state index >= 15 is 4.39 Å². The summed E-state index contributed by atoms with van der Waals surface area (Å²) in [6.07, 6.45) is 3.61. The van der Waals surface area contributed by atoms with Gasteiger partial charge in [0, 0.05) is 48.1 Å². The molecule has 198 valence electrons. The van der Waals surface area contributed by atoms with Crippen LogP contribution >= 0.6 is 0 Å². The van der Waals surface area contributed by atoms with Crippen molar-refractivity contribution in [3.05, 3.63) is 76.5 Å². The topological polar surface area (TPSA) is 82.9 Å². The van der Waals surface area contributed by atoms with Crippen molar-refractivity contribution in [3.8, 4) is 17.0 Å². The fraction of sp³-hybridized carbons (Fsp3) is 0.400. The van der Waals surface area contributed by atoms with E-state index in [1.54, 1.807) is 25.3 Å². The van der Waals surface area contributed by atoms with E-state index in [1.165, 1.54) is 12.1 Å². The molecule has 6 nitrogen and oxygen atoms in total. The highest BCUT2D eigenvalue weighted by molar-refractivity contribution is 5.77. The third-order valence-electron chi connectivity index (χ3n) is 8.49. The summed E-state index contributed by atoms with van der Waals surface area (Å²) in [6, 6.07) is 9.92. The van der Waals surface area contributed by atoms with Gasteiger partial charge in [0.05, 0.1) is 11.5 Å². The number of nitrogens with zero attached hydrogens (tertiary/aromatic N) is 2. The summed E-state index contributed by atoms with van der Waals surface area (Å²) in [7, 11) is 0. The summed E-state index contributed by atoms with van der Waals surface area (Å²) in [5.41, 5.74) is 3.98. The molecule has 2 N–H and O–H groups in total. The standard InChI is InChI=1S/C30H30F2N2O4/c1-16-9-24(31)18(15-38-26-12-17-10-22-27(23(17)14-33-26)28(22)29(35)36)11-21(16)20-4-3-19(13-25(20)32)34-7-5-30(2,37)6-8-34/h3-4,9,11-14,22,27-28,37H,5-8,10,15H2,1-2H3,(H,35,36)/t22-,27-,28+/m1/s1. The minimum atomic E-state index is -0.761. The van der Waals surface area contributed by atoms with Gasteiger partial charge < -0.3 is 19.8 Å². The molecule has 2 aromatic carbocycles. The van der Waals surface area contributed by atoms with E-state index in [-0.39, 0.29) is 30.2 Å². The number of fused-ring (bicyclic) bond motifs is 3. The Hall–Kier alpha value is -3.52. The average molecular weight is 521 g/mol. The number of piperidine rings is 1. The number of pyridine rings is 1. The molecule has 6 rings (SSSR count). The highest BCUT2D eigenvalue weighted by atomic mass is 19.1. The lowest BCUT2D eigenvalue weighted by molar-refractivity contribution is -0.139. The van der Waals surface area contributed by atoms with Crippen LogP contribution in [0, 0.1) is 30.4 Å². The first-order valence-electron chi connectivity index (χ1n) is 13.0. The maximum atomic E-state index is 15.3. The molecule has 1 aliphatic heterocycles. The molecule has 2 fully saturated rings. The number of benzene rings is 2. The van der Waals surface area contributed by atoms with Crippen LogP contribution < -0.4 is 9.64 Å². The number of carboxylic acids is 1. The monoisotopic (exact) mass is 520 g/mol. The SMILES string of the molecule is Cc1cc(F)c(COc2cc3c(cn2)[C@H]2[C@@H](C3)[C@@H]2C(=O)O)cc1-c1ccc(N2CCC(C)(O)CC2)cc1F. The summed E-state index contributed by atoms with van der Waals surface area (Å²) < 4.78 is 35.9. The Morgan fingerprint density at radius 2 is 1.89 bits per heavy atom. The second-order valence-corrected chi connectivity index (χ2v) is 11.2. The normalized spacial score (nSPS) is 23.1. The van der Waals surface area contributed by atoms with Crippen molar-refractivity contribution in [3.63, 3.8) is 0 Å². The summed E-state index contributed by atoms with van der Waals surface area (Å²) in [5, 5.41) is 19.5. The largest absolute Gasteiger partial charge is 0.481 e. The quantitative estimate of drug-likeness (QED) is 0.463. The van der Waals surface area contributed by atoms with Crippen molar-refractivity contribution in [1.82, 2.24) is 4.98 Å². The minimum Gasteiger partial charge on any atom is -0.481 e. The van der Waals surface area contributed by atoms with Gasteiger partial charge in [0.15, 0.2) is 0 Å². The van der Waals surface area contributed by atoms with Crippen LogP contribution in [0.25, 0.3) is 11.1 Å². The van der Waals surface area contributed by atoms with E-state index in [0.29, 0.717) is 60.5 Å². The molecule has 1 saturated carbocycles. The molecule has 3 aromatic rings. The summed E-state index contributed by atoms with van der Waals surface area (Å²) in [6.45, 7) is 4.82. The van der Waals surface area contributed by atoms with Crippen molar-refractivity contribution in [1.29, 1.82) is 0 Å². The highest BCUT2D eigenvalue weighted by Crippen LogP contribution is 2.61. The number of carbonyl (C=O) groups is 1. The van der Waals surface area contributed by atoms with Gasteiger partial charge in [0.25, 0.3) is 0 Å². The van der Waals surface area contributed by atoms with Gasteiger partial charge >= 0.3 is 5.97 Å². The second-order valence-electron chi connectivity index (χ2n) is 11.2. The van der Waals surface area contributed by atoms with Crippen molar-refractivity contribution in [2.45, 2.75) is 51.2 Å². The minimum absolute atomic E-state index is 0.0345. The van der Waals surface area contributed by atoms with Crippen LogP contribution in [0.3, 0.4) is 0 Å². The molecule has 0 radical (unpaired) electrons. The van der Waals surface area contributed by atoms with Crippen LogP contribution in [0.5, 0.6) is 5.88 Å². The number of carboxylic acid groups (broad SMARTS) is 1. The summed E-state index contributed by atoms with van der Waals surface area (Å²) in [5.74, 6) is -1.38. The van der Waals surface area contributed by atoms with Gasteiger partial charge in [-0.3, -0.25) is 4.79 Å². The van der Waals surface area contributed by atoms with Gasteiger partial charge in [0.2, 0.25) is 5.88 Å². The molecule has 3 aliphatic rings. The Bertz CT molecular complexity index is 1430. The molecular formula is C30H30F2N2O4. The van der Waals surface area contributed by atoms with E-state index < -0.39 is 17.4 Å². The molecule has 1 aromatic heterocycles. The number of rotatable bonds is 6. The van der Waals surface area contributed by atoms with E-state index in [9.17, 15) is 19.4 Å². The number of aromatic nitrogens is 1. The first kappa shape index (κ1) is 24.8. The molecule has 2 aliphatic carbocycles. The molecule has 0 bridgehead atoms. The van der Waals surface area contributed by atoms with Gasteiger partial charge in [-0.15, -0.1) is 0 Å². The van der Waals surface area contributed by atoms with Gasteiger partial charge in [0.1, 0.15) is 18.2 Å². The van der Waals surface area contributed by atoms with Crippen LogP contribution in [0.2, 0.25) is 0 Å². The zero-order valence-corrected chi connectivity index (χ0v) is 21.4. The van der Waals surface area contributed by atoms with Crippen molar-refractivity contribution in [2.75, 3.05) is 18.0 Å². The Morgan fingerprint density at radius 3 is 2.61 bits per heavy atom. The lowest BCUT2D eigenvalue weighted by Crippen LogP contribution is -2.42. The fourth-order valence-electron chi connectivity index (χ4n) is 6.12. The number of anilines is 1. The van der Waals surface area contributed by atoms with Crippen molar-refractivity contribution in [2.24, 2.45) is 11.8 Å². The maximum absolute atomic E-state index is 15.3. The molecule has 0 spiro atoms. The number of halogens is 2. The van der Waals surface area contributed by atoms with Crippen LogP contribution in [0.4, 0.5) is 14.5 Å². The lowest BCUT2D eigenvalue weighted by atomic mass is 9.93. The number of ether oxygens (including phenoxy) is 1. The average Bonchev–Trinajstić information content (AvgIpc) is 3.46. The maximum Gasteiger partial charge on any atom is 0.307 e. The van der Waals surface area contributed by atoms with Crippen molar-refractivity contribution < 1.29 is 28.5 Å². The smallest absolute Gasteiger partial charge is 0.307 e. The molecule has 3 atom stereocenters. The Labute approximate surface area is 219 Å². The Morgan fingerprint density at radius 1 is 1.13 bits per heavy atom. The Kier molecular flexibility index (Phi) is 5.90. The number of hydrogen-bond donors (Lipinski definition) is 2. The van der Waals surface area contributed by atoms with Gasteiger partial charge in [-0.05, 0) is 91.6 Å². The second kappa shape index (κ2) is 9.05. The molecule has 38 heavy (non-hydrogen) atoms. The first-order valence-corrected chi connectivity index (χ1v) is 13.0. The summed E-state index contributed by atoms with van der Waals surface area (Å²) in [4.78, 5) is 17.7. The third-order valence-corrected chi connectivity index (χ3v) is 8.49. The van der Waals surface area contributed by atoms with Crippen LogP contribution in [0.15, 0.2) is 42.6 Å². The zero-order valence-electron chi connectivity index (χ0n) is 21.4. The predicted molar refractivity (Wildman–Crippen MR) is 138 cm³/mol. The van der Waals surface area contributed by atoms with E-state index in [1.807, 2.05) is 19.1 Å². The van der Waals surface area contributed by atoms with Crippen LogP contribution in [0.1, 0.15) is 47.9 Å². The molecule has 1 saturated heterocycles. The molecule has 0 unspecified atom stereocenters. The number of aliphatic hydroxyl groups is 1. The van der Waals surface area contributed by atoms with Crippen molar-refractivity contribution >= 4 is 11.7 Å². The van der Waals surface area contributed by atoms with Crippen LogP contribution in [-0.4, -0.2) is 39.9 Å². The highest BCUT2D eigenvalue weighted by Gasteiger charge is 2.59. The van der Waals surface area contributed by atoms with E-state index in [4.69, 9.17) is 4.74 Å². The molecule has 0 amide bonds. The van der Waals surface area contributed by atoms with E-state index in [2.05, 4.69) is 9.88 Å². The van der Waals surface area contributed by atoms with E-state index in [0.717, 1.165) is 16.8 Å². The predicted octanol–water partition coefficient (Wildman–Crippen LogP) is 5.24. The third kappa shape index (κ3) is 4.41. The molecule has 2 heterocycles. The molecule has 8 heteroatoms. The zero-order chi connectivity index (χ0) is 26.8.